The van der Waals surface area contributed by atoms with Crippen LogP contribution in [-0.4, -0.2) is 42.9 Å². The molecule has 14 heavy (non-hydrogen) atoms. The van der Waals surface area contributed by atoms with Crippen LogP contribution < -0.4 is 11.1 Å². The number of rotatable bonds is 5. The van der Waals surface area contributed by atoms with E-state index in [4.69, 9.17) is 5.73 Å². The van der Waals surface area contributed by atoms with Gasteiger partial charge in [-0.15, -0.1) is 0 Å². The van der Waals surface area contributed by atoms with Gasteiger partial charge in [0, 0.05) is 26.1 Å². The van der Waals surface area contributed by atoms with Crippen molar-refractivity contribution in [2.24, 2.45) is 5.73 Å². The van der Waals surface area contributed by atoms with Gasteiger partial charge in [-0.2, -0.15) is 0 Å². The summed E-state index contributed by atoms with van der Waals surface area (Å²) in [6.07, 6.45) is 2.45. The van der Waals surface area contributed by atoms with Crippen LogP contribution in [0.25, 0.3) is 0 Å². The summed E-state index contributed by atoms with van der Waals surface area (Å²) < 4.78 is 0. The molecule has 0 saturated carbocycles. The molecule has 1 saturated heterocycles. The Kier molecular flexibility index (Phi) is 4.39. The summed E-state index contributed by atoms with van der Waals surface area (Å²) in [6, 6.07) is 0. The zero-order valence-electron chi connectivity index (χ0n) is 8.29. The Labute approximate surface area is 83.6 Å². The fourth-order valence-corrected chi connectivity index (χ4v) is 1.51. The number of nitrogens with one attached hydrogen (secondary N) is 1. The quantitative estimate of drug-likeness (QED) is 0.562. The fourth-order valence-electron chi connectivity index (χ4n) is 1.51. The van der Waals surface area contributed by atoms with Crippen LogP contribution >= 0.6 is 0 Å². The molecule has 0 bridgehead atoms. The highest BCUT2D eigenvalue weighted by Crippen LogP contribution is 2.09. The van der Waals surface area contributed by atoms with E-state index in [-0.39, 0.29) is 18.4 Å². The SMILES string of the molecule is NCC(=O)NCCCN1CCCC1=O. The van der Waals surface area contributed by atoms with E-state index in [0.29, 0.717) is 13.0 Å². The highest BCUT2D eigenvalue weighted by molar-refractivity contribution is 5.78. The molecule has 0 aliphatic carbocycles. The lowest BCUT2D eigenvalue weighted by molar-refractivity contribution is -0.127. The van der Waals surface area contributed by atoms with Gasteiger partial charge in [-0.25, -0.2) is 0 Å². The summed E-state index contributed by atoms with van der Waals surface area (Å²) in [6.45, 7) is 2.23. The Morgan fingerprint density at radius 1 is 1.57 bits per heavy atom. The van der Waals surface area contributed by atoms with Crippen LogP contribution in [0, 0.1) is 0 Å². The second kappa shape index (κ2) is 5.59. The third-order valence-corrected chi connectivity index (χ3v) is 2.28. The van der Waals surface area contributed by atoms with E-state index < -0.39 is 0 Å². The van der Waals surface area contributed by atoms with Gasteiger partial charge in [0.05, 0.1) is 6.54 Å². The first kappa shape index (κ1) is 11.0. The highest BCUT2D eigenvalue weighted by atomic mass is 16.2. The minimum absolute atomic E-state index is 0.0304. The van der Waals surface area contributed by atoms with E-state index in [9.17, 15) is 9.59 Å². The monoisotopic (exact) mass is 199 g/mol. The molecule has 0 spiro atoms. The van der Waals surface area contributed by atoms with Gasteiger partial charge < -0.3 is 16.0 Å². The standard InChI is InChI=1S/C9H17N3O2/c10-7-8(13)11-4-2-6-12-5-1-3-9(12)14/h1-7,10H2,(H,11,13). The second-order valence-electron chi connectivity index (χ2n) is 3.39. The Morgan fingerprint density at radius 2 is 2.36 bits per heavy atom. The molecular formula is C9H17N3O2. The topological polar surface area (TPSA) is 75.4 Å². The van der Waals surface area contributed by atoms with Crippen molar-refractivity contribution in [2.75, 3.05) is 26.2 Å². The highest BCUT2D eigenvalue weighted by Gasteiger charge is 2.18. The van der Waals surface area contributed by atoms with Crippen molar-refractivity contribution in [3.05, 3.63) is 0 Å². The Morgan fingerprint density at radius 3 is 2.93 bits per heavy atom. The largest absolute Gasteiger partial charge is 0.355 e. The molecule has 1 fully saturated rings. The molecule has 1 aliphatic rings. The van der Waals surface area contributed by atoms with Crippen molar-refractivity contribution in [1.82, 2.24) is 10.2 Å². The van der Waals surface area contributed by atoms with Gasteiger partial charge in [0.1, 0.15) is 0 Å². The zero-order valence-corrected chi connectivity index (χ0v) is 8.29. The average molecular weight is 199 g/mol. The molecule has 1 heterocycles. The molecule has 80 valence electrons. The number of carbonyl (C=O) groups is 2. The summed E-state index contributed by atoms with van der Waals surface area (Å²) in [5.41, 5.74) is 5.12. The molecule has 0 aromatic carbocycles. The van der Waals surface area contributed by atoms with Gasteiger partial charge >= 0.3 is 0 Å². The van der Waals surface area contributed by atoms with Crippen LogP contribution in [0.3, 0.4) is 0 Å². The summed E-state index contributed by atoms with van der Waals surface area (Å²) in [7, 11) is 0. The predicted octanol–water partition coefficient (Wildman–Crippen LogP) is -0.926. The van der Waals surface area contributed by atoms with Crippen molar-refractivity contribution in [3.8, 4) is 0 Å². The molecule has 1 aliphatic heterocycles. The number of nitrogens with two attached hydrogens (primary N) is 1. The molecule has 2 amide bonds. The lowest BCUT2D eigenvalue weighted by atomic mass is 10.4. The van der Waals surface area contributed by atoms with E-state index in [1.165, 1.54) is 0 Å². The van der Waals surface area contributed by atoms with Gasteiger partial charge in [0.2, 0.25) is 11.8 Å². The third-order valence-electron chi connectivity index (χ3n) is 2.28. The Hall–Kier alpha value is -1.10. The summed E-state index contributed by atoms with van der Waals surface area (Å²) in [5, 5.41) is 2.67. The first-order valence-electron chi connectivity index (χ1n) is 4.98. The van der Waals surface area contributed by atoms with E-state index in [0.717, 1.165) is 25.9 Å². The van der Waals surface area contributed by atoms with Crippen molar-refractivity contribution >= 4 is 11.8 Å². The van der Waals surface area contributed by atoms with Crippen molar-refractivity contribution < 1.29 is 9.59 Å². The van der Waals surface area contributed by atoms with Crippen molar-refractivity contribution in [1.29, 1.82) is 0 Å². The number of hydrogen-bond acceptors (Lipinski definition) is 3. The predicted molar refractivity (Wildman–Crippen MR) is 52.5 cm³/mol. The summed E-state index contributed by atoms with van der Waals surface area (Å²) in [4.78, 5) is 23.8. The fraction of sp³-hybridized carbons (Fsp3) is 0.778. The summed E-state index contributed by atoms with van der Waals surface area (Å²) in [5.74, 6) is 0.0906. The van der Waals surface area contributed by atoms with Gasteiger partial charge in [-0.3, -0.25) is 9.59 Å². The molecule has 3 N–H and O–H groups in total. The van der Waals surface area contributed by atoms with Gasteiger partial charge in [0.15, 0.2) is 0 Å². The van der Waals surface area contributed by atoms with Gasteiger partial charge in [-0.05, 0) is 12.8 Å². The lowest BCUT2D eigenvalue weighted by Gasteiger charge is -2.14. The number of carbonyl (C=O) groups excluding carboxylic acids is 2. The average Bonchev–Trinajstić information content (AvgIpc) is 2.58. The molecule has 0 aromatic rings. The lowest BCUT2D eigenvalue weighted by Crippen LogP contribution is -2.33. The smallest absolute Gasteiger partial charge is 0.233 e. The van der Waals surface area contributed by atoms with Crippen LogP contribution in [0.5, 0.6) is 0 Å². The molecular weight excluding hydrogens is 182 g/mol. The maximum atomic E-state index is 11.2. The minimum Gasteiger partial charge on any atom is -0.355 e. The minimum atomic E-state index is -0.141. The number of nitrogens with zero attached hydrogens (tertiary/aromatic N) is 1. The van der Waals surface area contributed by atoms with Gasteiger partial charge in [0.25, 0.3) is 0 Å². The number of amides is 2. The Bertz CT molecular complexity index is 218. The van der Waals surface area contributed by atoms with Crippen LogP contribution in [0.1, 0.15) is 19.3 Å². The maximum Gasteiger partial charge on any atom is 0.233 e. The molecule has 0 unspecified atom stereocenters. The third kappa shape index (κ3) is 3.33. The van der Waals surface area contributed by atoms with Crippen LogP contribution in [0.2, 0.25) is 0 Å². The molecule has 5 heteroatoms. The zero-order chi connectivity index (χ0) is 10.4. The van der Waals surface area contributed by atoms with E-state index >= 15 is 0 Å². The van der Waals surface area contributed by atoms with Gasteiger partial charge in [-0.1, -0.05) is 0 Å². The Balaban J connectivity index is 2.03. The molecule has 0 atom stereocenters. The maximum absolute atomic E-state index is 11.2. The normalized spacial score (nSPS) is 16.1. The summed E-state index contributed by atoms with van der Waals surface area (Å²) >= 11 is 0. The molecule has 0 radical (unpaired) electrons. The van der Waals surface area contributed by atoms with E-state index in [1.807, 2.05) is 4.90 Å². The number of likely N-dealkylation sites (tertiary alicyclic amines) is 1. The molecule has 0 aromatic heterocycles. The second-order valence-corrected chi connectivity index (χ2v) is 3.39. The van der Waals surface area contributed by atoms with Crippen molar-refractivity contribution in [3.63, 3.8) is 0 Å². The van der Waals surface area contributed by atoms with Crippen LogP contribution in [-0.2, 0) is 9.59 Å². The van der Waals surface area contributed by atoms with Crippen LogP contribution in [0.4, 0.5) is 0 Å². The van der Waals surface area contributed by atoms with E-state index in [2.05, 4.69) is 5.32 Å². The molecule has 1 rings (SSSR count). The molecule has 5 nitrogen and oxygen atoms in total. The first-order chi connectivity index (χ1) is 6.74. The first-order valence-corrected chi connectivity index (χ1v) is 4.98. The number of hydrogen-bond donors (Lipinski definition) is 2. The van der Waals surface area contributed by atoms with Crippen LogP contribution in [0.15, 0.2) is 0 Å². The van der Waals surface area contributed by atoms with Crippen molar-refractivity contribution in [2.45, 2.75) is 19.3 Å². The van der Waals surface area contributed by atoms with E-state index in [1.54, 1.807) is 0 Å².